The lowest BCUT2D eigenvalue weighted by atomic mass is 10.0. The number of likely N-dealkylation sites (N-methyl/N-ethyl adjacent to an activating group) is 1. The van der Waals surface area contributed by atoms with Crippen molar-refractivity contribution < 1.29 is 32.6 Å². The quantitative estimate of drug-likeness (QED) is 0.232. The fourth-order valence-corrected chi connectivity index (χ4v) is 6.33. The fraction of sp³-hybridized carbons (Fsp3) is 0.469. The molecular weight excluding hydrogens is 678 g/mol. The molecule has 2 aromatic carbocycles. The Bertz CT molecular complexity index is 1460. The van der Waals surface area contributed by atoms with Gasteiger partial charge in [-0.3, -0.25) is 9.69 Å². The molecular formula is C32H38Cl2F3N5O4S. The first-order valence-corrected chi connectivity index (χ1v) is 16.9. The summed E-state index contributed by atoms with van der Waals surface area (Å²) >= 11 is 13.9. The molecule has 9 nitrogen and oxygen atoms in total. The molecule has 256 valence electrons. The standard InChI is InChI=1S/C30H37Cl2N5O2S.C2HF3O2/c1-35-14-16-37(17-15-35)30-34-28(21-40-30)23-5-7-25(8-6-23)39-18-2-3-29(38)33-24-10-12-36(13-11-24)20-22-4-9-26(31)27(32)19-22;3-2(4,5)1(6)7/h4-9,19,21,24H,2-3,10-18,20H2,1H3,(H,33,38);(H,6,7). The Kier molecular flexibility index (Phi) is 13.6. The highest BCUT2D eigenvalue weighted by Crippen LogP contribution is 2.29. The molecule has 0 atom stereocenters. The molecule has 3 heterocycles. The number of piperidine rings is 1. The maximum Gasteiger partial charge on any atom is 0.490 e. The van der Waals surface area contributed by atoms with Crippen LogP contribution in [0, 0.1) is 0 Å². The van der Waals surface area contributed by atoms with Gasteiger partial charge in [-0.1, -0.05) is 29.3 Å². The second kappa shape index (κ2) is 17.3. The lowest BCUT2D eigenvalue weighted by Gasteiger charge is -2.32. The minimum Gasteiger partial charge on any atom is -0.494 e. The lowest BCUT2D eigenvalue weighted by Crippen LogP contribution is -2.44. The average molecular weight is 717 g/mol. The Labute approximate surface area is 286 Å². The van der Waals surface area contributed by atoms with E-state index in [4.69, 9.17) is 42.8 Å². The summed E-state index contributed by atoms with van der Waals surface area (Å²) in [6, 6.07) is 14.1. The molecule has 5 rings (SSSR count). The Morgan fingerprint density at radius 3 is 2.30 bits per heavy atom. The number of aromatic nitrogens is 1. The van der Waals surface area contributed by atoms with Crippen LogP contribution in [0.4, 0.5) is 18.3 Å². The summed E-state index contributed by atoms with van der Waals surface area (Å²) in [4.78, 5) is 33.3. The third-order valence-corrected chi connectivity index (χ3v) is 9.46. The minimum absolute atomic E-state index is 0.0987. The van der Waals surface area contributed by atoms with E-state index in [0.29, 0.717) is 29.5 Å². The molecule has 0 bridgehead atoms. The number of thiazole rings is 1. The molecule has 1 aromatic heterocycles. The normalized spacial score (nSPS) is 16.3. The number of nitrogens with one attached hydrogen (secondary N) is 1. The molecule has 0 unspecified atom stereocenters. The Hall–Kier alpha value is -3.10. The van der Waals surface area contributed by atoms with E-state index in [9.17, 15) is 18.0 Å². The third kappa shape index (κ3) is 11.8. The molecule has 47 heavy (non-hydrogen) atoms. The maximum atomic E-state index is 12.5. The summed E-state index contributed by atoms with van der Waals surface area (Å²) in [6.07, 6.45) is -2.03. The average Bonchev–Trinajstić information content (AvgIpc) is 3.53. The number of ether oxygens (including phenoxy) is 1. The van der Waals surface area contributed by atoms with Crippen molar-refractivity contribution in [1.29, 1.82) is 0 Å². The Morgan fingerprint density at radius 2 is 1.68 bits per heavy atom. The number of hydrogen-bond acceptors (Lipinski definition) is 8. The van der Waals surface area contributed by atoms with E-state index in [1.807, 2.05) is 30.3 Å². The minimum atomic E-state index is -5.08. The number of hydrogen-bond donors (Lipinski definition) is 2. The molecule has 15 heteroatoms. The molecule has 2 N–H and O–H groups in total. The van der Waals surface area contributed by atoms with Crippen LogP contribution in [-0.4, -0.2) is 96.9 Å². The molecule has 2 saturated heterocycles. The number of amides is 1. The van der Waals surface area contributed by atoms with Crippen LogP contribution in [0.1, 0.15) is 31.2 Å². The van der Waals surface area contributed by atoms with Crippen molar-refractivity contribution in [3.8, 4) is 17.0 Å². The van der Waals surface area contributed by atoms with E-state index in [-0.39, 0.29) is 11.9 Å². The summed E-state index contributed by atoms with van der Waals surface area (Å²) in [5.41, 5.74) is 3.25. The summed E-state index contributed by atoms with van der Waals surface area (Å²) in [5.74, 6) is -1.85. The smallest absolute Gasteiger partial charge is 0.490 e. The van der Waals surface area contributed by atoms with Gasteiger partial charge in [0.15, 0.2) is 5.13 Å². The predicted molar refractivity (Wildman–Crippen MR) is 179 cm³/mol. The number of halogens is 5. The summed E-state index contributed by atoms with van der Waals surface area (Å²) in [5, 5.41) is 14.7. The number of piperazine rings is 1. The van der Waals surface area contributed by atoms with Gasteiger partial charge in [-0.15, -0.1) is 11.3 Å². The number of likely N-dealkylation sites (tertiary alicyclic amines) is 1. The number of carboxylic acid groups (broad SMARTS) is 1. The Balaban J connectivity index is 0.000000644. The van der Waals surface area contributed by atoms with Gasteiger partial charge < -0.3 is 25.0 Å². The summed E-state index contributed by atoms with van der Waals surface area (Å²) < 4.78 is 37.6. The van der Waals surface area contributed by atoms with Crippen LogP contribution in [0.5, 0.6) is 5.75 Å². The molecule has 2 aliphatic heterocycles. The third-order valence-electron chi connectivity index (χ3n) is 7.82. The van der Waals surface area contributed by atoms with Crippen LogP contribution in [0.2, 0.25) is 10.0 Å². The van der Waals surface area contributed by atoms with E-state index in [0.717, 1.165) is 86.4 Å². The van der Waals surface area contributed by atoms with Gasteiger partial charge in [0.05, 0.1) is 22.3 Å². The molecule has 2 fully saturated rings. The second-order valence-corrected chi connectivity index (χ2v) is 13.1. The molecule has 0 spiro atoms. The van der Waals surface area contributed by atoms with E-state index in [1.54, 1.807) is 11.3 Å². The molecule has 0 saturated carbocycles. The highest BCUT2D eigenvalue weighted by molar-refractivity contribution is 7.14. The number of carbonyl (C=O) groups excluding carboxylic acids is 1. The van der Waals surface area contributed by atoms with Crippen LogP contribution < -0.4 is 15.0 Å². The van der Waals surface area contributed by atoms with E-state index in [1.165, 1.54) is 0 Å². The molecule has 0 aliphatic carbocycles. The van der Waals surface area contributed by atoms with Gasteiger partial charge in [0.1, 0.15) is 5.75 Å². The van der Waals surface area contributed by atoms with Crippen molar-refractivity contribution in [1.82, 2.24) is 20.1 Å². The second-order valence-electron chi connectivity index (χ2n) is 11.5. The monoisotopic (exact) mass is 715 g/mol. The highest BCUT2D eigenvalue weighted by atomic mass is 35.5. The van der Waals surface area contributed by atoms with Gasteiger partial charge in [0, 0.05) is 69.2 Å². The zero-order valence-electron chi connectivity index (χ0n) is 25.9. The number of rotatable bonds is 10. The number of aliphatic carboxylic acids is 1. The van der Waals surface area contributed by atoms with Gasteiger partial charge in [-0.2, -0.15) is 13.2 Å². The van der Waals surface area contributed by atoms with Crippen LogP contribution in [-0.2, 0) is 16.1 Å². The first-order chi connectivity index (χ1) is 22.4. The van der Waals surface area contributed by atoms with Crippen LogP contribution >= 0.6 is 34.5 Å². The predicted octanol–water partition coefficient (Wildman–Crippen LogP) is 6.44. The zero-order chi connectivity index (χ0) is 34.0. The van der Waals surface area contributed by atoms with Crippen molar-refractivity contribution in [2.24, 2.45) is 0 Å². The summed E-state index contributed by atoms with van der Waals surface area (Å²) in [6.45, 7) is 7.44. The first kappa shape index (κ1) is 36.7. The van der Waals surface area contributed by atoms with Crippen LogP contribution in [0.15, 0.2) is 47.8 Å². The van der Waals surface area contributed by atoms with Gasteiger partial charge in [0.25, 0.3) is 0 Å². The van der Waals surface area contributed by atoms with Crippen molar-refractivity contribution in [2.45, 2.75) is 44.4 Å². The number of alkyl halides is 3. The van der Waals surface area contributed by atoms with Crippen molar-refractivity contribution in [3.05, 3.63) is 63.5 Å². The van der Waals surface area contributed by atoms with E-state index in [2.05, 4.69) is 44.6 Å². The highest BCUT2D eigenvalue weighted by Gasteiger charge is 2.38. The van der Waals surface area contributed by atoms with Crippen LogP contribution in [0.3, 0.4) is 0 Å². The fourth-order valence-electron chi connectivity index (χ4n) is 5.12. The first-order valence-electron chi connectivity index (χ1n) is 15.3. The van der Waals surface area contributed by atoms with Gasteiger partial charge >= 0.3 is 12.1 Å². The molecule has 3 aromatic rings. The van der Waals surface area contributed by atoms with E-state index < -0.39 is 12.1 Å². The van der Waals surface area contributed by atoms with Crippen molar-refractivity contribution in [2.75, 3.05) is 57.8 Å². The van der Waals surface area contributed by atoms with Crippen molar-refractivity contribution >= 4 is 51.5 Å². The number of anilines is 1. The summed E-state index contributed by atoms with van der Waals surface area (Å²) in [7, 11) is 2.16. The van der Waals surface area contributed by atoms with Crippen molar-refractivity contribution in [3.63, 3.8) is 0 Å². The van der Waals surface area contributed by atoms with Gasteiger partial charge in [-0.05, 0) is 68.3 Å². The Morgan fingerprint density at radius 1 is 1.02 bits per heavy atom. The number of carboxylic acids is 1. The topological polar surface area (TPSA) is 98.2 Å². The maximum absolute atomic E-state index is 12.5. The molecule has 0 radical (unpaired) electrons. The van der Waals surface area contributed by atoms with Crippen LogP contribution in [0.25, 0.3) is 11.3 Å². The van der Waals surface area contributed by atoms with Gasteiger partial charge in [-0.25, -0.2) is 9.78 Å². The number of carbonyl (C=O) groups is 2. The van der Waals surface area contributed by atoms with Gasteiger partial charge in [0.2, 0.25) is 5.91 Å². The van der Waals surface area contributed by atoms with E-state index >= 15 is 0 Å². The number of nitrogens with zero attached hydrogens (tertiary/aromatic N) is 4. The largest absolute Gasteiger partial charge is 0.494 e. The lowest BCUT2D eigenvalue weighted by molar-refractivity contribution is -0.192. The molecule has 1 amide bonds. The number of benzene rings is 2. The zero-order valence-corrected chi connectivity index (χ0v) is 28.3. The molecule has 2 aliphatic rings. The SMILES string of the molecule is CN1CCN(c2nc(-c3ccc(OCCCC(=O)NC4CCN(Cc5ccc(Cl)c(Cl)c5)CC4)cc3)cs2)CC1.O=C(O)C(F)(F)F.